The summed E-state index contributed by atoms with van der Waals surface area (Å²) in [6.07, 6.45) is -0.579. The number of urea groups is 1. The third-order valence-corrected chi connectivity index (χ3v) is 9.35. The number of benzene rings is 1. The van der Waals surface area contributed by atoms with Gasteiger partial charge >= 0.3 is 12.0 Å². The molecule has 3 saturated heterocycles. The number of hydrogen-bond donors (Lipinski definition) is 4. The smallest absolute Gasteiger partial charge is 0.320 e. The lowest BCUT2D eigenvalue weighted by Gasteiger charge is -2.33. The summed E-state index contributed by atoms with van der Waals surface area (Å²) in [7, 11) is -4.36. The van der Waals surface area contributed by atoms with E-state index < -0.39 is 56.5 Å². The highest BCUT2D eigenvalue weighted by Crippen LogP contribution is 2.47. The molecular weight excluding hydrogens is 597 g/mol. The quantitative estimate of drug-likeness (QED) is 0.234. The zero-order valence-electron chi connectivity index (χ0n) is 23.8. The van der Waals surface area contributed by atoms with Gasteiger partial charge in [0.2, 0.25) is 0 Å². The van der Waals surface area contributed by atoms with Crippen LogP contribution in [0.2, 0.25) is 0 Å². The number of fused-ring (bicyclic) bond motifs is 2. The number of nitrogens with zero attached hydrogens (tertiary/aromatic N) is 4. The lowest BCUT2D eigenvalue weighted by molar-refractivity contribution is -0.205. The second-order valence-electron chi connectivity index (χ2n) is 10.9. The molecule has 236 valence electrons. The average molecular weight is 631 g/mol. The van der Waals surface area contributed by atoms with Crippen molar-refractivity contribution in [2.75, 3.05) is 31.2 Å². The first kappa shape index (κ1) is 30.5. The van der Waals surface area contributed by atoms with E-state index in [1.165, 1.54) is 12.7 Å². The maximum atomic E-state index is 13.0. The molecule has 0 aliphatic carbocycles. The third-order valence-electron chi connectivity index (χ3n) is 7.85. The van der Waals surface area contributed by atoms with Gasteiger partial charge in [0.1, 0.15) is 38.3 Å². The normalized spacial score (nSPS) is 29.6. The highest BCUT2D eigenvalue weighted by atomic mass is 31.2. The van der Waals surface area contributed by atoms with Gasteiger partial charge in [-0.3, -0.25) is 14.7 Å². The first-order chi connectivity index (χ1) is 21.2. The van der Waals surface area contributed by atoms with E-state index >= 15 is 0 Å². The number of carboxylic acids is 1. The monoisotopic (exact) mass is 630 g/mol. The van der Waals surface area contributed by atoms with E-state index in [0.717, 1.165) is 5.56 Å². The molecule has 17 heteroatoms. The number of piperidine rings is 1. The van der Waals surface area contributed by atoms with Crippen LogP contribution in [0.1, 0.15) is 37.8 Å². The first-order valence-corrected chi connectivity index (χ1v) is 16.1. The fourth-order valence-corrected chi connectivity index (χ4v) is 7.25. The maximum absolute atomic E-state index is 13.0. The first-order valence-electron chi connectivity index (χ1n) is 14.4. The van der Waals surface area contributed by atoms with Crippen molar-refractivity contribution in [3.8, 4) is 0 Å². The molecule has 2 amide bonds. The molecule has 0 saturated carbocycles. The Hall–Kier alpha value is -3.50. The number of carbonyl (C=O) groups excluding carboxylic acids is 1. The summed E-state index contributed by atoms with van der Waals surface area (Å²) in [5.74, 6) is -1.16. The van der Waals surface area contributed by atoms with Gasteiger partial charge in [-0.2, -0.15) is 0 Å². The molecule has 6 rings (SSSR count). The van der Waals surface area contributed by atoms with Crippen LogP contribution in [0.3, 0.4) is 0 Å². The fourth-order valence-electron chi connectivity index (χ4n) is 5.81. The molecule has 3 aromatic rings. The minimum absolute atomic E-state index is 0.194. The van der Waals surface area contributed by atoms with E-state index in [0.29, 0.717) is 30.7 Å². The average Bonchev–Trinajstić information content (AvgIpc) is 3.71. The van der Waals surface area contributed by atoms with Crippen molar-refractivity contribution in [3.63, 3.8) is 0 Å². The third kappa shape index (κ3) is 6.47. The van der Waals surface area contributed by atoms with Crippen LogP contribution in [0, 0.1) is 5.92 Å². The van der Waals surface area contributed by atoms with E-state index in [2.05, 4.69) is 30.9 Å². The number of aliphatic carboxylic acids is 1. The predicted octanol–water partition coefficient (Wildman–Crippen LogP) is 1.37. The molecule has 2 aromatic heterocycles. The largest absolute Gasteiger partial charge is 0.778 e. The van der Waals surface area contributed by atoms with E-state index in [-0.39, 0.29) is 30.9 Å². The van der Waals surface area contributed by atoms with Crippen molar-refractivity contribution < 1.29 is 42.9 Å². The van der Waals surface area contributed by atoms with Crippen molar-refractivity contribution in [1.29, 1.82) is 0 Å². The molecule has 8 atom stereocenters. The van der Waals surface area contributed by atoms with Crippen molar-refractivity contribution in [2.24, 2.45) is 5.92 Å². The van der Waals surface area contributed by atoms with Gasteiger partial charge in [0.25, 0.3) is 0 Å². The van der Waals surface area contributed by atoms with Crippen LogP contribution >= 0.6 is 7.60 Å². The summed E-state index contributed by atoms with van der Waals surface area (Å²) < 4.78 is 39.0. The summed E-state index contributed by atoms with van der Waals surface area (Å²) in [5, 5.41) is 17.5. The van der Waals surface area contributed by atoms with Gasteiger partial charge in [0.05, 0.1) is 12.9 Å². The van der Waals surface area contributed by atoms with Gasteiger partial charge in [-0.05, 0) is 32.2 Å². The standard InChI is InChI=1S/C27H34N7O9P/c1-2-28-27(37)33-22-19-23(31-13-30-22)34(14-32-19)24-21-20(42-26(43-21)16-6-4-3-5-7-16)18(41-24)11-40-44(38,39)12-15-8-9-29-17(10-15)25(35)36/h3-7,13-15,17-18,20-21,24,26,29H,2,8-12H2,1H3,(H,35,36)(H,38,39)(H2,28,30,31,33,37)/p-1/t15?,17?,18-,20?,21+,24-,26+/m1/s1. The number of amides is 2. The maximum Gasteiger partial charge on any atom is 0.320 e. The number of carboxylic acid groups (broad SMARTS) is 1. The van der Waals surface area contributed by atoms with Gasteiger partial charge in [0, 0.05) is 18.3 Å². The highest BCUT2D eigenvalue weighted by molar-refractivity contribution is 7.51. The molecule has 0 radical (unpaired) electrons. The van der Waals surface area contributed by atoms with Crippen molar-refractivity contribution in [2.45, 2.75) is 56.6 Å². The summed E-state index contributed by atoms with van der Waals surface area (Å²) in [5.41, 5.74) is 1.46. The van der Waals surface area contributed by atoms with Gasteiger partial charge in [-0.25, -0.2) is 19.7 Å². The van der Waals surface area contributed by atoms with Crippen LogP contribution in [0.5, 0.6) is 0 Å². The van der Waals surface area contributed by atoms with Crippen LogP contribution in [0.4, 0.5) is 10.6 Å². The van der Waals surface area contributed by atoms with Gasteiger partial charge in [-0.15, -0.1) is 0 Å². The highest BCUT2D eigenvalue weighted by Gasteiger charge is 2.54. The number of aromatic nitrogens is 4. The Balaban J connectivity index is 1.21. The van der Waals surface area contributed by atoms with E-state index in [4.69, 9.17) is 18.7 Å². The van der Waals surface area contributed by atoms with Gasteiger partial charge in [0.15, 0.2) is 29.5 Å². The number of anilines is 1. The van der Waals surface area contributed by atoms with Crippen LogP contribution in [0.25, 0.3) is 11.2 Å². The van der Waals surface area contributed by atoms with Crippen LogP contribution in [-0.2, 0) is 28.1 Å². The minimum Gasteiger partial charge on any atom is -0.778 e. The predicted molar refractivity (Wildman–Crippen MR) is 151 cm³/mol. The minimum atomic E-state index is -4.36. The fraction of sp³-hybridized carbons (Fsp3) is 0.519. The second kappa shape index (κ2) is 12.9. The van der Waals surface area contributed by atoms with E-state index in [1.807, 2.05) is 30.3 Å². The van der Waals surface area contributed by atoms with Crippen molar-refractivity contribution in [1.82, 2.24) is 30.2 Å². The number of hydrogen-bond acceptors (Lipinski definition) is 12. The topological polar surface area (TPSA) is 211 Å². The van der Waals surface area contributed by atoms with E-state index in [1.54, 1.807) is 11.5 Å². The number of carbonyl (C=O) groups is 2. The Bertz CT molecular complexity index is 1540. The molecule has 3 aliphatic rings. The second-order valence-corrected chi connectivity index (χ2v) is 12.7. The summed E-state index contributed by atoms with van der Waals surface area (Å²) in [6, 6.07) is 8.08. The molecule has 16 nitrogen and oxygen atoms in total. The molecule has 44 heavy (non-hydrogen) atoms. The van der Waals surface area contributed by atoms with Crippen LogP contribution < -0.4 is 20.8 Å². The summed E-state index contributed by atoms with van der Waals surface area (Å²) >= 11 is 0. The molecule has 4 unspecified atom stereocenters. The summed E-state index contributed by atoms with van der Waals surface area (Å²) in [4.78, 5) is 49.4. The van der Waals surface area contributed by atoms with Crippen molar-refractivity contribution >= 4 is 36.6 Å². The Morgan fingerprint density at radius 2 is 1.98 bits per heavy atom. The lowest BCUT2D eigenvalue weighted by atomic mass is 9.94. The molecule has 0 bridgehead atoms. The Morgan fingerprint density at radius 1 is 1.18 bits per heavy atom. The molecule has 3 fully saturated rings. The molecule has 4 N–H and O–H groups in total. The number of rotatable bonds is 10. The van der Waals surface area contributed by atoms with Crippen molar-refractivity contribution in [3.05, 3.63) is 48.5 Å². The molecule has 3 aliphatic heterocycles. The molecule has 5 heterocycles. The summed E-state index contributed by atoms with van der Waals surface area (Å²) in [6.45, 7) is 2.29. The zero-order valence-corrected chi connectivity index (χ0v) is 24.7. The Labute approximate surface area is 252 Å². The SMILES string of the molecule is CCNC(=O)Nc1ncnc2c1ncn2[C@@H]1O[C@H](COP(=O)([O-])CC2CCNC(C(=O)O)C2)C2O[C@H](c3ccccc3)O[C@@H]21. The number of imidazole rings is 1. The van der Waals surface area contributed by atoms with Crippen LogP contribution in [-0.4, -0.2) is 86.8 Å². The Morgan fingerprint density at radius 3 is 2.75 bits per heavy atom. The molecule has 0 spiro atoms. The number of ether oxygens (including phenoxy) is 3. The lowest BCUT2D eigenvalue weighted by Crippen LogP contribution is -2.44. The molecule has 1 aromatic carbocycles. The zero-order chi connectivity index (χ0) is 30.8. The van der Waals surface area contributed by atoms with Crippen LogP contribution in [0.15, 0.2) is 43.0 Å². The molecular formula is C27H33N7O9P-. The van der Waals surface area contributed by atoms with Gasteiger partial charge < -0.3 is 43.9 Å². The number of nitrogens with one attached hydrogen (secondary N) is 3. The van der Waals surface area contributed by atoms with Gasteiger partial charge in [-0.1, -0.05) is 30.3 Å². The Kier molecular flexibility index (Phi) is 8.91. The van der Waals surface area contributed by atoms with E-state index in [9.17, 15) is 24.2 Å².